The lowest BCUT2D eigenvalue weighted by molar-refractivity contribution is -0.116. The summed E-state index contributed by atoms with van der Waals surface area (Å²) in [5.41, 5.74) is 6.87. The number of aromatic nitrogens is 2. The Hall–Kier alpha value is -1.98. The zero-order chi connectivity index (χ0) is 13.7. The summed E-state index contributed by atoms with van der Waals surface area (Å²) in [5.74, 6) is 0.149. The van der Waals surface area contributed by atoms with Crippen molar-refractivity contribution in [1.82, 2.24) is 9.97 Å². The van der Waals surface area contributed by atoms with Gasteiger partial charge in [0.15, 0.2) is 0 Å². The van der Waals surface area contributed by atoms with Crippen LogP contribution in [0.15, 0.2) is 42.6 Å². The molecule has 0 spiro atoms. The van der Waals surface area contributed by atoms with Crippen molar-refractivity contribution < 1.29 is 4.79 Å². The van der Waals surface area contributed by atoms with Gasteiger partial charge in [-0.25, -0.2) is 9.97 Å². The van der Waals surface area contributed by atoms with E-state index in [0.717, 1.165) is 5.56 Å². The van der Waals surface area contributed by atoms with Crippen LogP contribution in [0.1, 0.15) is 18.0 Å². The molecule has 0 bridgehead atoms. The molecule has 2 aromatic rings. The Morgan fingerprint density at radius 2 is 2.05 bits per heavy atom. The van der Waals surface area contributed by atoms with Crippen LogP contribution in [0.4, 0.5) is 5.82 Å². The zero-order valence-corrected chi connectivity index (χ0v) is 10.8. The van der Waals surface area contributed by atoms with Gasteiger partial charge in [0.1, 0.15) is 5.82 Å². The summed E-state index contributed by atoms with van der Waals surface area (Å²) in [5, 5.41) is 2.72. The molecule has 1 heterocycles. The first-order valence-corrected chi connectivity index (χ1v) is 6.12. The second kappa shape index (κ2) is 6.26. The van der Waals surface area contributed by atoms with Crippen molar-refractivity contribution >= 4 is 23.3 Å². The van der Waals surface area contributed by atoms with E-state index in [1.807, 2.05) is 30.3 Å². The zero-order valence-electron chi connectivity index (χ0n) is 10.1. The lowest BCUT2D eigenvalue weighted by Gasteiger charge is -2.11. The van der Waals surface area contributed by atoms with Crippen LogP contribution >= 0.6 is 11.6 Å². The monoisotopic (exact) mass is 276 g/mol. The minimum absolute atomic E-state index is 0.0881. The van der Waals surface area contributed by atoms with E-state index < -0.39 is 0 Å². The highest BCUT2D eigenvalue weighted by atomic mass is 35.5. The molecule has 1 atom stereocenters. The third kappa shape index (κ3) is 4.01. The van der Waals surface area contributed by atoms with Crippen molar-refractivity contribution in [2.75, 3.05) is 5.32 Å². The minimum Gasteiger partial charge on any atom is -0.324 e. The van der Waals surface area contributed by atoms with Crippen LogP contribution in [0.2, 0.25) is 5.28 Å². The maximum absolute atomic E-state index is 11.8. The van der Waals surface area contributed by atoms with E-state index in [2.05, 4.69) is 15.3 Å². The van der Waals surface area contributed by atoms with Gasteiger partial charge >= 0.3 is 0 Å². The molecule has 0 saturated carbocycles. The summed E-state index contributed by atoms with van der Waals surface area (Å²) in [6.07, 6.45) is 1.65. The Morgan fingerprint density at radius 1 is 1.32 bits per heavy atom. The molecule has 2 rings (SSSR count). The van der Waals surface area contributed by atoms with Crippen LogP contribution in [-0.2, 0) is 4.79 Å². The van der Waals surface area contributed by atoms with Crippen molar-refractivity contribution in [3.05, 3.63) is 53.4 Å². The predicted octanol–water partition coefficient (Wildman–Crippen LogP) is 2.16. The van der Waals surface area contributed by atoms with Crippen LogP contribution in [-0.4, -0.2) is 15.9 Å². The normalized spacial score (nSPS) is 11.9. The second-order valence-corrected chi connectivity index (χ2v) is 4.32. The number of nitrogens with two attached hydrogens (primary N) is 1. The van der Waals surface area contributed by atoms with E-state index >= 15 is 0 Å². The largest absolute Gasteiger partial charge is 0.324 e. The summed E-state index contributed by atoms with van der Waals surface area (Å²) in [7, 11) is 0. The Kier molecular flexibility index (Phi) is 4.43. The fraction of sp³-hybridized carbons (Fsp3) is 0.154. The van der Waals surface area contributed by atoms with Gasteiger partial charge in [0.2, 0.25) is 11.2 Å². The number of nitrogens with one attached hydrogen (secondary N) is 1. The molecule has 0 aliphatic heterocycles. The highest BCUT2D eigenvalue weighted by Crippen LogP contribution is 2.14. The fourth-order valence-corrected chi connectivity index (χ4v) is 1.76. The van der Waals surface area contributed by atoms with Gasteiger partial charge in [-0.1, -0.05) is 30.3 Å². The van der Waals surface area contributed by atoms with Gasteiger partial charge in [-0.2, -0.15) is 0 Å². The van der Waals surface area contributed by atoms with Crippen molar-refractivity contribution in [3.8, 4) is 0 Å². The molecule has 6 heteroatoms. The number of anilines is 1. The quantitative estimate of drug-likeness (QED) is 0.839. The average Bonchev–Trinajstić information content (AvgIpc) is 2.39. The van der Waals surface area contributed by atoms with Crippen LogP contribution in [0.3, 0.4) is 0 Å². The summed E-state index contributed by atoms with van der Waals surface area (Å²) in [6.45, 7) is 0. The molecule has 1 aromatic heterocycles. The maximum atomic E-state index is 11.8. The Balaban J connectivity index is 1.95. The van der Waals surface area contributed by atoms with Crippen LogP contribution in [0.5, 0.6) is 0 Å². The molecular formula is C13H13ClN4O. The Morgan fingerprint density at radius 3 is 2.74 bits per heavy atom. The smallest absolute Gasteiger partial charge is 0.227 e. The van der Waals surface area contributed by atoms with Crippen LogP contribution in [0, 0.1) is 0 Å². The van der Waals surface area contributed by atoms with Crippen molar-refractivity contribution in [2.24, 2.45) is 5.73 Å². The molecule has 0 aliphatic carbocycles. The standard InChI is InChI=1S/C13H13ClN4O/c14-13-16-7-6-11(18-13)17-12(19)8-10(15)9-4-2-1-3-5-9/h1-7,10H,8,15H2,(H,16,17,18,19). The Bertz CT molecular complexity index is 562. The first-order valence-electron chi connectivity index (χ1n) is 5.74. The molecule has 0 radical (unpaired) electrons. The maximum Gasteiger partial charge on any atom is 0.227 e. The van der Waals surface area contributed by atoms with Gasteiger partial charge in [0.05, 0.1) is 0 Å². The number of nitrogens with zero attached hydrogens (tertiary/aromatic N) is 2. The summed E-state index contributed by atoms with van der Waals surface area (Å²) in [6, 6.07) is 10.7. The first kappa shape index (κ1) is 13.5. The topological polar surface area (TPSA) is 80.9 Å². The number of benzene rings is 1. The molecule has 0 aliphatic rings. The van der Waals surface area contributed by atoms with Crippen molar-refractivity contribution in [1.29, 1.82) is 0 Å². The molecule has 3 N–H and O–H groups in total. The minimum atomic E-state index is -0.349. The van der Waals surface area contributed by atoms with Crippen molar-refractivity contribution in [3.63, 3.8) is 0 Å². The van der Waals surface area contributed by atoms with E-state index in [9.17, 15) is 4.79 Å². The molecular weight excluding hydrogens is 264 g/mol. The molecule has 19 heavy (non-hydrogen) atoms. The number of rotatable bonds is 4. The predicted molar refractivity (Wildman–Crippen MR) is 73.7 cm³/mol. The van der Waals surface area contributed by atoms with Crippen molar-refractivity contribution in [2.45, 2.75) is 12.5 Å². The number of amides is 1. The number of carbonyl (C=O) groups is 1. The second-order valence-electron chi connectivity index (χ2n) is 3.98. The highest BCUT2D eigenvalue weighted by Gasteiger charge is 2.12. The van der Waals surface area contributed by atoms with Gasteiger partial charge in [-0.3, -0.25) is 4.79 Å². The summed E-state index contributed by atoms with van der Waals surface area (Å²) in [4.78, 5) is 19.4. The lowest BCUT2D eigenvalue weighted by atomic mass is 10.0. The summed E-state index contributed by atoms with van der Waals surface area (Å²) < 4.78 is 0. The third-order valence-corrected chi connectivity index (χ3v) is 2.71. The average molecular weight is 277 g/mol. The molecule has 0 fully saturated rings. The third-order valence-electron chi connectivity index (χ3n) is 2.53. The molecule has 1 unspecified atom stereocenters. The van der Waals surface area contributed by atoms with Crippen LogP contribution < -0.4 is 11.1 Å². The van der Waals surface area contributed by atoms with E-state index in [1.165, 1.54) is 6.20 Å². The van der Waals surface area contributed by atoms with E-state index in [0.29, 0.717) is 5.82 Å². The fourth-order valence-electron chi connectivity index (χ4n) is 1.62. The lowest BCUT2D eigenvalue weighted by Crippen LogP contribution is -2.21. The van der Waals surface area contributed by atoms with E-state index in [-0.39, 0.29) is 23.7 Å². The van der Waals surface area contributed by atoms with Gasteiger partial charge in [0.25, 0.3) is 0 Å². The van der Waals surface area contributed by atoms with E-state index in [1.54, 1.807) is 6.07 Å². The van der Waals surface area contributed by atoms with Gasteiger partial charge in [-0.05, 0) is 23.2 Å². The first-order chi connectivity index (χ1) is 9.15. The number of hydrogen-bond acceptors (Lipinski definition) is 4. The number of carbonyl (C=O) groups excluding carboxylic acids is 1. The molecule has 5 nitrogen and oxygen atoms in total. The molecule has 98 valence electrons. The Labute approximate surface area is 115 Å². The van der Waals surface area contributed by atoms with Crippen LogP contribution in [0.25, 0.3) is 0 Å². The van der Waals surface area contributed by atoms with Gasteiger partial charge < -0.3 is 11.1 Å². The molecule has 1 aromatic carbocycles. The number of hydrogen-bond donors (Lipinski definition) is 2. The van der Waals surface area contributed by atoms with E-state index in [4.69, 9.17) is 17.3 Å². The number of halogens is 1. The molecule has 1 amide bonds. The SMILES string of the molecule is NC(CC(=O)Nc1ccnc(Cl)n1)c1ccccc1. The van der Waals surface area contributed by atoms with Gasteiger partial charge in [-0.15, -0.1) is 0 Å². The summed E-state index contributed by atoms with van der Waals surface area (Å²) >= 11 is 5.63. The highest BCUT2D eigenvalue weighted by molar-refractivity contribution is 6.28. The molecule has 0 saturated heterocycles. The van der Waals surface area contributed by atoms with Gasteiger partial charge in [0, 0.05) is 18.7 Å².